The Bertz CT molecular complexity index is 741. The van der Waals surface area contributed by atoms with E-state index in [4.69, 9.17) is 14.2 Å². The van der Waals surface area contributed by atoms with E-state index >= 15 is 0 Å². The molecular weight excluding hydrogens is 364 g/mol. The molecule has 0 amide bonds. The molecule has 0 N–H and O–H groups in total. The third-order valence-electron chi connectivity index (χ3n) is 6.88. The molecule has 28 heavy (non-hydrogen) atoms. The van der Waals surface area contributed by atoms with Crippen molar-refractivity contribution in [2.24, 2.45) is 28.6 Å². The van der Waals surface area contributed by atoms with Crippen LogP contribution in [-0.2, 0) is 33.4 Å². The van der Waals surface area contributed by atoms with Gasteiger partial charge in [0.1, 0.15) is 6.10 Å². The molecule has 0 radical (unpaired) electrons. The molecule has 4 aliphatic carbocycles. The van der Waals surface area contributed by atoms with Crippen molar-refractivity contribution in [3.05, 3.63) is 12.2 Å². The summed E-state index contributed by atoms with van der Waals surface area (Å²) in [6, 6.07) is 0. The lowest BCUT2D eigenvalue weighted by Crippen LogP contribution is -2.67. The molecule has 0 heterocycles. The molecule has 0 aliphatic heterocycles. The van der Waals surface area contributed by atoms with Gasteiger partial charge in [0, 0.05) is 38.0 Å². The molecule has 4 aliphatic rings. The second-order valence-electron chi connectivity index (χ2n) is 8.85. The summed E-state index contributed by atoms with van der Waals surface area (Å²) in [7, 11) is 0. The first kappa shape index (κ1) is 20.6. The highest BCUT2D eigenvalue weighted by molar-refractivity contribution is 5.98. The van der Waals surface area contributed by atoms with E-state index in [0.717, 1.165) is 0 Å². The Morgan fingerprint density at radius 2 is 1.64 bits per heavy atom. The Morgan fingerprint density at radius 3 is 2.18 bits per heavy atom. The van der Waals surface area contributed by atoms with Crippen LogP contribution in [0.15, 0.2) is 12.2 Å². The SMILES string of the molecule is C=C1C(=O)C[C@H]2[C@H]3[C@@H]1[C@]2(COC(C)=O)C[C@@H](OC(C)=O)C[C@@]3(C)COC(C)=O. The lowest BCUT2D eigenvalue weighted by atomic mass is 9.36. The third-order valence-corrected chi connectivity index (χ3v) is 6.88. The summed E-state index contributed by atoms with van der Waals surface area (Å²) in [5.41, 5.74) is -0.409. The summed E-state index contributed by atoms with van der Waals surface area (Å²) in [6.45, 7) is 10.5. The minimum Gasteiger partial charge on any atom is -0.465 e. The van der Waals surface area contributed by atoms with Gasteiger partial charge in [-0.1, -0.05) is 13.5 Å². The van der Waals surface area contributed by atoms with Crippen molar-refractivity contribution in [3.63, 3.8) is 0 Å². The van der Waals surface area contributed by atoms with Gasteiger partial charge in [-0.15, -0.1) is 0 Å². The van der Waals surface area contributed by atoms with Crippen molar-refractivity contribution in [2.45, 2.75) is 53.1 Å². The molecule has 0 aromatic rings. The fraction of sp³-hybridized carbons (Fsp3) is 0.714. The molecule has 0 aromatic heterocycles. The van der Waals surface area contributed by atoms with Gasteiger partial charge in [0.05, 0.1) is 13.2 Å². The number of carbonyl (C=O) groups excluding carboxylic acids is 4. The average Bonchev–Trinajstić information content (AvgIpc) is 2.74. The minimum absolute atomic E-state index is 0.0315. The number of rotatable bonds is 5. The van der Waals surface area contributed by atoms with Gasteiger partial charge in [-0.25, -0.2) is 0 Å². The average molecular weight is 392 g/mol. The summed E-state index contributed by atoms with van der Waals surface area (Å²) < 4.78 is 16.4. The van der Waals surface area contributed by atoms with E-state index < -0.39 is 16.9 Å². The highest BCUT2D eigenvalue weighted by Crippen LogP contribution is 2.73. The number of ketones is 1. The van der Waals surface area contributed by atoms with Crippen LogP contribution in [0.2, 0.25) is 0 Å². The maximum absolute atomic E-state index is 12.4. The van der Waals surface area contributed by atoms with Crippen LogP contribution in [0, 0.1) is 28.6 Å². The van der Waals surface area contributed by atoms with Crippen LogP contribution in [0.4, 0.5) is 0 Å². The smallest absolute Gasteiger partial charge is 0.302 e. The predicted molar refractivity (Wildman–Crippen MR) is 97.8 cm³/mol. The quantitative estimate of drug-likeness (QED) is 0.402. The van der Waals surface area contributed by atoms with Gasteiger partial charge >= 0.3 is 17.9 Å². The van der Waals surface area contributed by atoms with E-state index in [9.17, 15) is 19.2 Å². The van der Waals surface area contributed by atoms with Crippen LogP contribution in [0.25, 0.3) is 0 Å². The second kappa shape index (κ2) is 7.01. The Labute approximate surface area is 164 Å². The Morgan fingerprint density at radius 1 is 1.04 bits per heavy atom. The van der Waals surface area contributed by atoms with E-state index in [2.05, 4.69) is 6.58 Å². The molecule has 0 unspecified atom stereocenters. The standard InChI is InChI=1S/C21H28O7/c1-11-17(25)6-16-19-18(11)21(16,10-27-13(3)23)8-15(28-14(4)24)7-20(19,5)9-26-12(2)22/h15-16,18-19H,1,6-10H2,2-5H3/t15-,16-,18+,19-,20-,21-/m0/s1. The summed E-state index contributed by atoms with van der Waals surface area (Å²) >= 11 is 0. The van der Waals surface area contributed by atoms with Crippen LogP contribution in [0.3, 0.4) is 0 Å². The van der Waals surface area contributed by atoms with Crippen molar-refractivity contribution in [1.82, 2.24) is 0 Å². The van der Waals surface area contributed by atoms with Crippen LogP contribution < -0.4 is 0 Å². The lowest BCUT2D eigenvalue weighted by Gasteiger charge is -2.67. The van der Waals surface area contributed by atoms with Crippen LogP contribution in [0.5, 0.6) is 0 Å². The Kier molecular flexibility index (Phi) is 5.15. The molecular formula is C21H28O7. The van der Waals surface area contributed by atoms with Crippen molar-refractivity contribution < 1.29 is 33.4 Å². The number of allylic oxidation sites excluding steroid dienone is 1. The molecule has 0 spiro atoms. The predicted octanol–water partition coefficient (Wildman–Crippen LogP) is 2.22. The van der Waals surface area contributed by atoms with Gasteiger partial charge in [-0.3, -0.25) is 19.2 Å². The number of ether oxygens (including phenoxy) is 3. The van der Waals surface area contributed by atoms with E-state index in [1.165, 1.54) is 20.8 Å². The van der Waals surface area contributed by atoms with Crippen LogP contribution in [0.1, 0.15) is 47.0 Å². The number of fused-ring (bicyclic) bond motifs is 2. The zero-order valence-corrected chi connectivity index (χ0v) is 16.9. The van der Waals surface area contributed by atoms with Gasteiger partial charge < -0.3 is 14.2 Å². The topological polar surface area (TPSA) is 96.0 Å². The molecule has 4 fully saturated rings. The van der Waals surface area contributed by atoms with Gasteiger partial charge in [0.25, 0.3) is 0 Å². The van der Waals surface area contributed by atoms with Crippen LogP contribution in [-0.4, -0.2) is 43.0 Å². The molecule has 0 saturated heterocycles. The summed E-state index contributed by atoms with van der Waals surface area (Å²) in [6.07, 6.45) is 0.921. The summed E-state index contributed by atoms with van der Waals surface area (Å²) in [4.78, 5) is 47.1. The number of esters is 3. The zero-order valence-electron chi connectivity index (χ0n) is 16.9. The molecule has 154 valence electrons. The van der Waals surface area contributed by atoms with E-state index in [1.54, 1.807) is 0 Å². The Hall–Kier alpha value is -2.18. The second-order valence-corrected chi connectivity index (χ2v) is 8.85. The number of Topliss-reactive ketones (excluding diaryl/α,β-unsaturated/α-hetero) is 1. The van der Waals surface area contributed by atoms with Gasteiger partial charge in [-0.05, 0) is 36.2 Å². The number of carbonyl (C=O) groups is 4. The fourth-order valence-electron chi connectivity index (χ4n) is 6.01. The molecule has 0 aromatic carbocycles. The van der Waals surface area contributed by atoms with E-state index in [1.807, 2.05) is 6.92 Å². The van der Waals surface area contributed by atoms with E-state index in [0.29, 0.717) is 24.8 Å². The zero-order chi connectivity index (χ0) is 20.9. The molecule has 4 saturated carbocycles. The first-order valence-electron chi connectivity index (χ1n) is 9.66. The monoisotopic (exact) mass is 392 g/mol. The molecule has 4 rings (SSSR count). The third kappa shape index (κ3) is 3.25. The van der Waals surface area contributed by atoms with Gasteiger partial charge in [-0.2, -0.15) is 0 Å². The van der Waals surface area contributed by atoms with Gasteiger partial charge in [0.2, 0.25) is 0 Å². The van der Waals surface area contributed by atoms with Crippen molar-refractivity contribution >= 4 is 23.7 Å². The van der Waals surface area contributed by atoms with E-state index in [-0.39, 0.29) is 54.7 Å². The molecule has 7 nitrogen and oxygen atoms in total. The first-order chi connectivity index (χ1) is 13.0. The first-order valence-corrected chi connectivity index (χ1v) is 9.66. The van der Waals surface area contributed by atoms with Crippen molar-refractivity contribution in [3.8, 4) is 0 Å². The molecule has 7 heteroatoms. The lowest BCUT2D eigenvalue weighted by molar-refractivity contribution is -0.207. The normalized spacial score (nSPS) is 38.7. The highest BCUT2D eigenvalue weighted by atomic mass is 16.5. The minimum atomic E-state index is -0.477. The molecule has 4 bridgehead atoms. The molecule has 6 atom stereocenters. The summed E-state index contributed by atoms with van der Waals surface area (Å²) in [5, 5.41) is 0. The number of hydrogen-bond donors (Lipinski definition) is 0. The van der Waals surface area contributed by atoms with Crippen molar-refractivity contribution in [1.29, 1.82) is 0 Å². The maximum Gasteiger partial charge on any atom is 0.302 e. The number of hydrogen-bond acceptors (Lipinski definition) is 7. The largest absolute Gasteiger partial charge is 0.465 e. The summed E-state index contributed by atoms with van der Waals surface area (Å²) in [5.74, 6) is -1.28. The van der Waals surface area contributed by atoms with Crippen molar-refractivity contribution in [2.75, 3.05) is 13.2 Å². The Balaban J connectivity index is 2.01. The fourth-order valence-corrected chi connectivity index (χ4v) is 6.01. The van der Waals surface area contributed by atoms with Crippen LogP contribution >= 0.6 is 0 Å². The maximum atomic E-state index is 12.4. The highest BCUT2D eigenvalue weighted by Gasteiger charge is 2.73. The van der Waals surface area contributed by atoms with Gasteiger partial charge in [0.15, 0.2) is 5.78 Å².